The van der Waals surface area contributed by atoms with Gasteiger partial charge in [0.25, 0.3) is 5.91 Å². The molecule has 146 valence electrons. The molecule has 2 heterocycles. The largest absolute Gasteiger partial charge is 0.337 e. The smallest absolute Gasteiger partial charge is 0.287 e. The molecule has 0 unspecified atom stereocenters. The fraction of sp³-hybridized carbons (Fsp3) is 0.100. The Morgan fingerprint density at radius 1 is 1.17 bits per heavy atom. The molecule has 1 atom stereocenters. The first-order valence-corrected chi connectivity index (χ1v) is 10.0. The highest BCUT2D eigenvalue weighted by molar-refractivity contribution is 7.13. The van der Waals surface area contributed by atoms with Crippen LogP contribution >= 0.6 is 22.9 Å². The minimum Gasteiger partial charge on any atom is -0.337 e. The number of imidazole rings is 1. The van der Waals surface area contributed by atoms with E-state index < -0.39 is 11.9 Å². The molecular formula is C20H16ClN5O2S. The third-order valence-corrected chi connectivity index (χ3v) is 5.15. The van der Waals surface area contributed by atoms with Crippen LogP contribution in [0.3, 0.4) is 0 Å². The van der Waals surface area contributed by atoms with Gasteiger partial charge in [-0.3, -0.25) is 9.59 Å². The molecule has 2 aromatic carbocycles. The number of aromatic amines is 1. The van der Waals surface area contributed by atoms with Gasteiger partial charge in [0, 0.05) is 23.0 Å². The SMILES string of the molecule is O=C(N[C@@H](Cc1ccccc1)C(=O)Nc1nccs1)c1nc2ccc(Cl)cc2[nH]1. The van der Waals surface area contributed by atoms with Crippen molar-refractivity contribution in [2.45, 2.75) is 12.5 Å². The van der Waals surface area contributed by atoms with Crippen LogP contribution in [-0.2, 0) is 11.2 Å². The first-order valence-electron chi connectivity index (χ1n) is 8.79. The topological polar surface area (TPSA) is 99.8 Å². The van der Waals surface area contributed by atoms with Gasteiger partial charge in [0.15, 0.2) is 11.0 Å². The summed E-state index contributed by atoms with van der Waals surface area (Å²) >= 11 is 7.29. The van der Waals surface area contributed by atoms with E-state index in [-0.39, 0.29) is 11.7 Å². The summed E-state index contributed by atoms with van der Waals surface area (Å²) in [5.41, 5.74) is 2.18. The molecule has 2 amide bonds. The van der Waals surface area contributed by atoms with E-state index in [9.17, 15) is 9.59 Å². The fourth-order valence-electron chi connectivity index (χ4n) is 2.85. The lowest BCUT2D eigenvalue weighted by Gasteiger charge is -2.17. The van der Waals surface area contributed by atoms with Crippen LogP contribution in [0.4, 0.5) is 5.13 Å². The predicted molar refractivity (Wildman–Crippen MR) is 113 cm³/mol. The quantitative estimate of drug-likeness (QED) is 0.439. The summed E-state index contributed by atoms with van der Waals surface area (Å²) in [5, 5.41) is 8.28. The molecule has 2 aromatic heterocycles. The maximum Gasteiger partial charge on any atom is 0.287 e. The van der Waals surface area contributed by atoms with Crippen molar-refractivity contribution in [3.63, 3.8) is 0 Å². The van der Waals surface area contributed by atoms with Crippen LogP contribution in [0.2, 0.25) is 5.02 Å². The minimum atomic E-state index is -0.800. The lowest BCUT2D eigenvalue weighted by molar-refractivity contribution is -0.118. The number of hydrogen-bond donors (Lipinski definition) is 3. The molecule has 9 heteroatoms. The van der Waals surface area contributed by atoms with Gasteiger partial charge in [-0.15, -0.1) is 11.3 Å². The van der Waals surface area contributed by atoms with Crippen molar-refractivity contribution in [2.75, 3.05) is 5.32 Å². The number of rotatable bonds is 6. The Labute approximate surface area is 175 Å². The van der Waals surface area contributed by atoms with Gasteiger partial charge in [-0.1, -0.05) is 41.9 Å². The summed E-state index contributed by atoms with van der Waals surface area (Å²) in [5.74, 6) is -0.716. The first-order chi connectivity index (χ1) is 14.1. The summed E-state index contributed by atoms with van der Waals surface area (Å²) in [6, 6.07) is 13.8. The average Bonchev–Trinajstić information content (AvgIpc) is 3.37. The second-order valence-corrected chi connectivity index (χ2v) is 7.62. The maximum atomic E-state index is 12.8. The van der Waals surface area contributed by atoms with E-state index in [1.165, 1.54) is 11.3 Å². The molecule has 4 aromatic rings. The van der Waals surface area contributed by atoms with Crippen molar-refractivity contribution in [1.29, 1.82) is 0 Å². The summed E-state index contributed by atoms with van der Waals surface area (Å²) in [7, 11) is 0. The molecule has 0 radical (unpaired) electrons. The number of carbonyl (C=O) groups excluding carboxylic acids is 2. The Kier molecular flexibility index (Phi) is 5.55. The van der Waals surface area contributed by atoms with Gasteiger partial charge >= 0.3 is 0 Å². The standard InChI is InChI=1S/C20H16ClN5O2S/c21-13-6-7-14-15(11-13)24-17(23-14)19(28)25-16(10-12-4-2-1-3-5-12)18(27)26-20-22-8-9-29-20/h1-9,11,16H,10H2,(H,23,24)(H,25,28)(H,22,26,27)/t16-/m0/s1. The highest BCUT2D eigenvalue weighted by Gasteiger charge is 2.24. The van der Waals surface area contributed by atoms with Crippen molar-refractivity contribution in [3.05, 3.63) is 76.5 Å². The molecule has 3 N–H and O–H groups in total. The molecule has 0 aliphatic rings. The van der Waals surface area contributed by atoms with Crippen molar-refractivity contribution >= 4 is 50.9 Å². The van der Waals surface area contributed by atoms with Gasteiger partial charge in [-0.05, 0) is 23.8 Å². The molecule has 0 fully saturated rings. The second-order valence-electron chi connectivity index (χ2n) is 6.29. The molecular weight excluding hydrogens is 410 g/mol. The molecule has 4 rings (SSSR count). The normalized spacial score (nSPS) is 11.9. The zero-order valence-corrected chi connectivity index (χ0v) is 16.6. The van der Waals surface area contributed by atoms with Crippen LogP contribution < -0.4 is 10.6 Å². The average molecular weight is 426 g/mol. The Morgan fingerprint density at radius 3 is 2.76 bits per heavy atom. The van der Waals surface area contributed by atoms with Gasteiger partial charge in [0.1, 0.15) is 6.04 Å². The number of halogens is 1. The molecule has 29 heavy (non-hydrogen) atoms. The van der Waals surface area contributed by atoms with E-state index in [2.05, 4.69) is 25.6 Å². The van der Waals surface area contributed by atoms with Gasteiger partial charge in [-0.25, -0.2) is 9.97 Å². The van der Waals surface area contributed by atoms with Crippen LogP contribution in [0, 0.1) is 0 Å². The van der Waals surface area contributed by atoms with E-state index in [0.29, 0.717) is 27.6 Å². The molecule has 7 nitrogen and oxygen atoms in total. The van der Waals surface area contributed by atoms with Crippen molar-refractivity contribution < 1.29 is 9.59 Å². The number of amides is 2. The van der Waals surface area contributed by atoms with Gasteiger partial charge in [-0.2, -0.15) is 0 Å². The lowest BCUT2D eigenvalue weighted by Crippen LogP contribution is -2.45. The summed E-state index contributed by atoms with van der Waals surface area (Å²) in [6.07, 6.45) is 1.93. The van der Waals surface area contributed by atoms with Crippen molar-refractivity contribution in [3.8, 4) is 0 Å². The van der Waals surface area contributed by atoms with Crippen molar-refractivity contribution in [1.82, 2.24) is 20.3 Å². The maximum absolute atomic E-state index is 12.8. The number of fused-ring (bicyclic) bond motifs is 1. The molecule has 0 aliphatic carbocycles. The number of thiazole rings is 1. The number of anilines is 1. The number of H-pyrrole nitrogens is 1. The number of hydrogen-bond acceptors (Lipinski definition) is 5. The minimum absolute atomic E-state index is 0.113. The van der Waals surface area contributed by atoms with Crippen LogP contribution in [0.5, 0.6) is 0 Å². The zero-order chi connectivity index (χ0) is 20.2. The molecule has 0 spiro atoms. The first kappa shape index (κ1) is 19.1. The molecule has 0 aliphatic heterocycles. The highest BCUT2D eigenvalue weighted by Crippen LogP contribution is 2.17. The van der Waals surface area contributed by atoms with Gasteiger partial charge in [0.05, 0.1) is 11.0 Å². The Bertz CT molecular complexity index is 1140. The van der Waals surface area contributed by atoms with Crippen molar-refractivity contribution in [2.24, 2.45) is 0 Å². The number of aromatic nitrogens is 3. The second kappa shape index (κ2) is 8.42. The van der Waals surface area contributed by atoms with Crippen LogP contribution in [0.15, 0.2) is 60.1 Å². The van der Waals surface area contributed by atoms with Crippen LogP contribution in [0.25, 0.3) is 11.0 Å². The molecule has 0 saturated carbocycles. The monoisotopic (exact) mass is 425 g/mol. The van der Waals surface area contributed by atoms with E-state index in [4.69, 9.17) is 11.6 Å². The zero-order valence-electron chi connectivity index (χ0n) is 15.1. The fourth-order valence-corrected chi connectivity index (χ4v) is 3.56. The summed E-state index contributed by atoms with van der Waals surface area (Å²) < 4.78 is 0. The van der Waals surface area contributed by atoms with Crippen LogP contribution in [0.1, 0.15) is 16.2 Å². The Balaban J connectivity index is 1.55. The van der Waals surface area contributed by atoms with Crippen LogP contribution in [-0.4, -0.2) is 32.8 Å². The lowest BCUT2D eigenvalue weighted by atomic mass is 10.1. The molecule has 0 bridgehead atoms. The Morgan fingerprint density at radius 2 is 2.00 bits per heavy atom. The summed E-state index contributed by atoms with van der Waals surface area (Å²) in [4.78, 5) is 36.9. The number of carbonyl (C=O) groups is 2. The predicted octanol–water partition coefficient (Wildman–Crippen LogP) is 3.65. The van der Waals surface area contributed by atoms with E-state index in [0.717, 1.165) is 5.56 Å². The molecule has 0 saturated heterocycles. The third kappa shape index (κ3) is 4.61. The number of nitrogens with zero attached hydrogens (tertiary/aromatic N) is 2. The highest BCUT2D eigenvalue weighted by atomic mass is 35.5. The Hall–Kier alpha value is -3.23. The van der Waals surface area contributed by atoms with E-state index in [1.807, 2.05) is 30.3 Å². The van der Waals surface area contributed by atoms with E-state index >= 15 is 0 Å². The van der Waals surface area contributed by atoms with Gasteiger partial charge in [0.2, 0.25) is 5.91 Å². The van der Waals surface area contributed by atoms with E-state index in [1.54, 1.807) is 29.8 Å². The summed E-state index contributed by atoms with van der Waals surface area (Å²) in [6.45, 7) is 0. The van der Waals surface area contributed by atoms with Gasteiger partial charge < -0.3 is 15.6 Å². The number of benzene rings is 2. The number of nitrogens with one attached hydrogen (secondary N) is 3. The third-order valence-electron chi connectivity index (χ3n) is 4.23.